The molecule has 9 heteroatoms. The zero-order chi connectivity index (χ0) is 20.8. The minimum atomic E-state index is -0.338. The van der Waals surface area contributed by atoms with Crippen molar-refractivity contribution in [3.8, 4) is 0 Å². The number of hydrogen-bond acceptors (Lipinski definition) is 3. The molecule has 0 spiro atoms. The van der Waals surface area contributed by atoms with Gasteiger partial charge in [0.05, 0.1) is 11.6 Å². The van der Waals surface area contributed by atoms with Crippen LogP contribution in [-0.4, -0.2) is 48.1 Å². The topological polar surface area (TPSA) is 70.9 Å². The third-order valence-electron chi connectivity index (χ3n) is 4.91. The fourth-order valence-electron chi connectivity index (χ4n) is 3.37. The van der Waals surface area contributed by atoms with Crippen LogP contribution in [0.3, 0.4) is 0 Å². The normalized spacial score (nSPS) is 16.1. The number of amides is 1. The number of hydrogen-bond donors (Lipinski definition) is 2. The first kappa shape index (κ1) is 24.5. The Labute approximate surface area is 199 Å². The SMILES string of the molecule is CN=C(NCc1cccc(NC(=O)C2CCCO2)c1)N(C)Cc1cc(Cl)cn1C.I. The van der Waals surface area contributed by atoms with E-state index in [0.29, 0.717) is 19.7 Å². The fourth-order valence-corrected chi connectivity index (χ4v) is 3.65. The van der Waals surface area contributed by atoms with E-state index in [-0.39, 0.29) is 36.0 Å². The summed E-state index contributed by atoms with van der Waals surface area (Å²) in [5, 5.41) is 7.03. The molecule has 1 atom stereocenters. The molecule has 2 N–H and O–H groups in total. The third kappa shape index (κ3) is 6.61. The van der Waals surface area contributed by atoms with Gasteiger partial charge >= 0.3 is 0 Å². The highest BCUT2D eigenvalue weighted by atomic mass is 127. The van der Waals surface area contributed by atoms with E-state index in [1.165, 1.54) is 0 Å². The highest BCUT2D eigenvalue weighted by molar-refractivity contribution is 14.0. The van der Waals surface area contributed by atoms with E-state index in [4.69, 9.17) is 16.3 Å². The number of nitrogens with zero attached hydrogens (tertiary/aromatic N) is 3. The van der Waals surface area contributed by atoms with Gasteiger partial charge < -0.3 is 24.8 Å². The number of carbonyl (C=O) groups excluding carboxylic acids is 1. The molecule has 2 aromatic rings. The molecule has 3 rings (SSSR count). The molecule has 7 nitrogen and oxygen atoms in total. The van der Waals surface area contributed by atoms with Gasteiger partial charge in [0.2, 0.25) is 0 Å². The van der Waals surface area contributed by atoms with Crippen LogP contribution in [0.15, 0.2) is 41.5 Å². The van der Waals surface area contributed by atoms with E-state index >= 15 is 0 Å². The van der Waals surface area contributed by atoms with Crippen LogP contribution < -0.4 is 10.6 Å². The molecule has 1 aromatic carbocycles. The number of aromatic nitrogens is 1. The Morgan fingerprint density at radius 1 is 1.40 bits per heavy atom. The molecular weight excluding hydrogens is 517 g/mol. The van der Waals surface area contributed by atoms with Crippen molar-refractivity contribution in [2.24, 2.45) is 12.0 Å². The molecule has 0 saturated carbocycles. The van der Waals surface area contributed by atoms with Gasteiger partial charge in [0.1, 0.15) is 6.10 Å². The Hall–Kier alpha value is -1.78. The number of nitrogens with one attached hydrogen (secondary N) is 2. The van der Waals surface area contributed by atoms with Gasteiger partial charge in [0.25, 0.3) is 5.91 Å². The lowest BCUT2D eigenvalue weighted by atomic mass is 10.2. The van der Waals surface area contributed by atoms with Crippen molar-refractivity contribution in [3.05, 3.63) is 52.8 Å². The summed E-state index contributed by atoms with van der Waals surface area (Å²) >= 11 is 6.07. The quantitative estimate of drug-likeness (QED) is 0.331. The number of anilines is 1. The fraction of sp³-hybridized carbons (Fsp3) is 0.429. The number of carbonyl (C=O) groups is 1. The second-order valence-corrected chi connectivity index (χ2v) is 7.65. The minimum Gasteiger partial charge on any atom is -0.368 e. The highest BCUT2D eigenvalue weighted by Crippen LogP contribution is 2.17. The summed E-state index contributed by atoms with van der Waals surface area (Å²) in [6.45, 7) is 1.93. The summed E-state index contributed by atoms with van der Waals surface area (Å²) in [7, 11) is 5.71. The first-order valence-corrected chi connectivity index (χ1v) is 10.1. The molecule has 164 valence electrons. The largest absolute Gasteiger partial charge is 0.368 e. The number of rotatable bonds is 6. The number of halogens is 2. The van der Waals surface area contributed by atoms with Crippen LogP contribution >= 0.6 is 35.6 Å². The predicted octanol–water partition coefficient (Wildman–Crippen LogP) is 3.62. The summed E-state index contributed by atoms with van der Waals surface area (Å²) in [5.74, 6) is 0.695. The molecule has 1 aliphatic heterocycles. The minimum absolute atomic E-state index is 0. The van der Waals surface area contributed by atoms with E-state index in [0.717, 1.165) is 40.8 Å². The van der Waals surface area contributed by atoms with Gasteiger partial charge in [-0.3, -0.25) is 9.79 Å². The number of aliphatic imine (C=N–C) groups is 1. The van der Waals surface area contributed by atoms with Gasteiger partial charge in [-0.05, 0) is 36.6 Å². The summed E-state index contributed by atoms with van der Waals surface area (Å²) in [6, 6.07) is 9.74. The van der Waals surface area contributed by atoms with Gasteiger partial charge in [0, 0.05) is 51.9 Å². The zero-order valence-corrected chi connectivity index (χ0v) is 20.6. The maximum absolute atomic E-state index is 12.2. The lowest BCUT2D eigenvalue weighted by Gasteiger charge is -2.22. The molecule has 0 aliphatic carbocycles. The molecule has 1 amide bonds. The maximum Gasteiger partial charge on any atom is 0.253 e. The number of guanidine groups is 1. The van der Waals surface area contributed by atoms with Crippen molar-refractivity contribution >= 4 is 53.1 Å². The standard InChI is InChI=1S/C21H28ClN5O2.HI/c1-23-21(27(3)14-18-11-16(22)13-26(18)2)24-12-15-6-4-7-17(10-15)25-20(28)19-8-5-9-29-19;/h4,6-7,10-11,13,19H,5,8-9,12,14H2,1-3H3,(H,23,24)(H,25,28);1H. The first-order valence-electron chi connectivity index (χ1n) is 9.70. The van der Waals surface area contributed by atoms with Crippen LogP contribution in [-0.2, 0) is 29.7 Å². The van der Waals surface area contributed by atoms with E-state index in [2.05, 4.69) is 15.6 Å². The maximum atomic E-state index is 12.2. The molecule has 1 aliphatic rings. The Bertz CT molecular complexity index is 880. The molecule has 1 aromatic heterocycles. The average molecular weight is 546 g/mol. The summed E-state index contributed by atoms with van der Waals surface area (Å²) in [4.78, 5) is 18.6. The molecule has 1 fully saturated rings. The van der Waals surface area contributed by atoms with Crippen molar-refractivity contribution in [2.45, 2.75) is 32.0 Å². The Morgan fingerprint density at radius 3 is 2.83 bits per heavy atom. The number of ether oxygens (including phenoxy) is 1. The van der Waals surface area contributed by atoms with Crippen LogP contribution in [0.5, 0.6) is 0 Å². The number of benzene rings is 1. The van der Waals surface area contributed by atoms with Gasteiger partial charge in [-0.1, -0.05) is 23.7 Å². The molecule has 30 heavy (non-hydrogen) atoms. The first-order chi connectivity index (χ1) is 14.0. The van der Waals surface area contributed by atoms with E-state index in [1.54, 1.807) is 7.05 Å². The second kappa shape index (κ2) is 11.6. The lowest BCUT2D eigenvalue weighted by molar-refractivity contribution is -0.124. The van der Waals surface area contributed by atoms with Crippen LogP contribution in [0.1, 0.15) is 24.1 Å². The zero-order valence-electron chi connectivity index (χ0n) is 17.5. The van der Waals surface area contributed by atoms with E-state index < -0.39 is 0 Å². The van der Waals surface area contributed by atoms with Crippen LogP contribution in [0, 0.1) is 0 Å². The van der Waals surface area contributed by atoms with Crippen LogP contribution in [0.4, 0.5) is 5.69 Å². The highest BCUT2D eigenvalue weighted by Gasteiger charge is 2.23. The summed E-state index contributed by atoms with van der Waals surface area (Å²) < 4.78 is 7.45. The molecular formula is C21H29ClIN5O2. The van der Waals surface area contributed by atoms with Gasteiger partial charge in [-0.15, -0.1) is 24.0 Å². The Balaban J connectivity index is 0.00000320. The third-order valence-corrected chi connectivity index (χ3v) is 5.12. The Morgan fingerprint density at radius 2 is 2.20 bits per heavy atom. The predicted molar refractivity (Wildman–Crippen MR) is 132 cm³/mol. The van der Waals surface area contributed by atoms with Crippen molar-refractivity contribution in [2.75, 3.05) is 26.0 Å². The van der Waals surface area contributed by atoms with Crippen molar-refractivity contribution in [1.82, 2.24) is 14.8 Å². The summed E-state index contributed by atoms with van der Waals surface area (Å²) in [5.41, 5.74) is 2.91. The molecule has 0 bridgehead atoms. The Kier molecular flexibility index (Phi) is 9.44. The molecule has 0 radical (unpaired) electrons. The monoisotopic (exact) mass is 545 g/mol. The van der Waals surface area contributed by atoms with Crippen molar-refractivity contribution in [1.29, 1.82) is 0 Å². The van der Waals surface area contributed by atoms with Crippen LogP contribution in [0.25, 0.3) is 0 Å². The lowest BCUT2D eigenvalue weighted by Crippen LogP contribution is -2.38. The smallest absolute Gasteiger partial charge is 0.253 e. The van der Waals surface area contributed by atoms with Crippen molar-refractivity contribution < 1.29 is 9.53 Å². The van der Waals surface area contributed by atoms with Gasteiger partial charge in [-0.2, -0.15) is 0 Å². The second-order valence-electron chi connectivity index (χ2n) is 7.21. The van der Waals surface area contributed by atoms with E-state index in [1.807, 2.05) is 60.1 Å². The molecule has 1 saturated heterocycles. The molecule has 2 heterocycles. The van der Waals surface area contributed by atoms with Crippen molar-refractivity contribution in [3.63, 3.8) is 0 Å². The number of aryl methyl sites for hydroxylation is 1. The summed E-state index contributed by atoms with van der Waals surface area (Å²) in [6.07, 6.45) is 3.26. The average Bonchev–Trinajstić information content (AvgIpc) is 3.33. The molecule has 1 unspecified atom stereocenters. The van der Waals surface area contributed by atoms with E-state index in [9.17, 15) is 4.79 Å². The van der Waals surface area contributed by atoms with Crippen LogP contribution in [0.2, 0.25) is 5.02 Å². The van der Waals surface area contributed by atoms with Gasteiger partial charge in [0.15, 0.2) is 5.96 Å². The van der Waals surface area contributed by atoms with Gasteiger partial charge in [-0.25, -0.2) is 0 Å².